The molecule has 124 valence electrons. The average Bonchev–Trinajstić information content (AvgIpc) is 2.62. The van der Waals surface area contributed by atoms with Crippen LogP contribution in [0.15, 0.2) is 30.3 Å². The van der Waals surface area contributed by atoms with Gasteiger partial charge in [-0.15, -0.1) is 0 Å². The second-order valence-corrected chi connectivity index (χ2v) is 6.05. The first-order valence-corrected chi connectivity index (χ1v) is 8.07. The monoisotopic (exact) mass is 318 g/mol. The summed E-state index contributed by atoms with van der Waals surface area (Å²) in [5.41, 5.74) is 0.545. The Balaban J connectivity index is 1.72. The minimum absolute atomic E-state index is 0.196. The van der Waals surface area contributed by atoms with Crippen molar-refractivity contribution >= 4 is 11.9 Å². The fourth-order valence-corrected chi connectivity index (χ4v) is 3.44. The zero-order valence-electron chi connectivity index (χ0n) is 13.1. The highest BCUT2D eigenvalue weighted by Gasteiger charge is 2.38. The van der Waals surface area contributed by atoms with Crippen molar-refractivity contribution in [2.24, 2.45) is 0 Å². The molecule has 2 heterocycles. The van der Waals surface area contributed by atoms with Crippen molar-refractivity contribution in [3.63, 3.8) is 0 Å². The molecule has 0 aliphatic carbocycles. The Kier molecular flexibility index (Phi) is 4.93. The van der Waals surface area contributed by atoms with Crippen LogP contribution in [-0.4, -0.2) is 71.7 Å². The molecule has 0 aromatic heterocycles. The predicted octanol–water partition coefficient (Wildman–Crippen LogP) is 1.08. The Bertz CT molecular complexity index is 557. The van der Waals surface area contributed by atoms with Gasteiger partial charge in [0.2, 0.25) is 0 Å². The molecule has 2 atom stereocenters. The first kappa shape index (κ1) is 16.0. The quantitative estimate of drug-likeness (QED) is 0.903. The maximum absolute atomic E-state index is 12.6. The van der Waals surface area contributed by atoms with E-state index < -0.39 is 12.0 Å². The van der Waals surface area contributed by atoms with Crippen LogP contribution in [0.3, 0.4) is 0 Å². The zero-order valence-corrected chi connectivity index (χ0v) is 13.1. The van der Waals surface area contributed by atoms with Crippen molar-refractivity contribution in [1.82, 2.24) is 9.80 Å². The van der Waals surface area contributed by atoms with Gasteiger partial charge in [-0.1, -0.05) is 18.2 Å². The number of aliphatic carboxylic acids is 1. The topological polar surface area (TPSA) is 70.1 Å². The Morgan fingerprint density at radius 1 is 1.09 bits per heavy atom. The van der Waals surface area contributed by atoms with E-state index in [1.807, 2.05) is 6.07 Å². The van der Waals surface area contributed by atoms with Gasteiger partial charge in [0, 0.05) is 31.2 Å². The molecule has 2 aliphatic heterocycles. The van der Waals surface area contributed by atoms with Crippen molar-refractivity contribution in [1.29, 1.82) is 0 Å². The highest BCUT2D eigenvalue weighted by molar-refractivity contribution is 5.96. The van der Waals surface area contributed by atoms with Crippen molar-refractivity contribution in [3.05, 3.63) is 35.9 Å². The molecular formula is C17H22N2O4. The van der Waals surface area contributed by atoms with Gasteiger partial charge in [0.1, 0.15) is 6.04 Å². The molecule has 2 aliphatic rings. The number of amides is 1. The Morgan fingerprint density at radius 2 is 1.78 bits per heavy atom. The van der Waals surface area contributed by atoms with Crippen LogP contribution >= 0.6 is 0 Å². The van der Waals surface area contributed by atoms with Gasteiger partial charge >= 0.3 is 5.97 Å². The highest BCUT2D eigenvalue weighted by Crippen LogP contribution is 2.24. The van der Waals surface area contributed by atoms with E-state index in [9.17, 15) is 14.7 Å². The lowest BCUT2D eigenvalue weighted by molar-refractivity contribution is -0.144. The molecule has 1 amide bonds. The van der Waals surface area contributed by atoms with Crippen molar-refractivity contribution in [3.8, 4) is 0 Å². The number of carbonyl (C=O) groups excluding carboxylic acids is 1. The molecule has 0 saturated carbocycles. The van der Waals surface area contributed by atoms with Crippen molar-refractivity contribution in [2.45, 2.75) is 24.9 Å². The summed E-state index contributed by atoms with van der Waals surface area (Å²) in [5.74, 6) is -1.12. The summed E-state index contributed by atoms with van der Waals surface area (Å²) < 4.78 is 5.36. The van der Waals surface area contributed by atoms with Crippen LogP contribution in [0.2, 0.25) is 0 Å². The lowest BCUT2D eigenvalue weighted by Crippen LogP contribution is -2.56. The Morgan fingerprint density at radius 3 is 2.43 bits per heavy atom. The first-order chi connectivity index (χ1) is 11.2. The average molecular weight is 318 g/mol. The zero-order chi connectivity index (χ0) is 16.2. The van der Waals surface area contributed by atoms with Crippen molar-refractivity contribution < 1.29 is 19.4 Å². The van der Waals surface area contributed by atoms with Gasteiger partial charge in [-0.25, -0.2) is 4.79 Å². The van der Waals surface area contributed by atoms with Crippen LogP contribution in [0.25, 0.3) is 0 Å². The molecule has 1 aromatic rings. The minimum atomic E-state index is -0.924. The fourth-order valence-electron chi connectivity index (χ4n) is 3.44. The van der Waals surface area contributed by atoms with Crippen molar-refractivity contribution in [2.75, 3.05) is 32.8 Å². The molecule has 6 nitrogen and oxygen atoms in total. The van der Waals surface area contributed by atoms with E-state index in [1.165, 1.54) is 4.90 Å². The van der Waals surface area contributed by atoms with E-state index in [1.54, 1.807) is 24.3 Å². The summed E-state index contributed by atoms with van der Waals surface area (Å²) in [6, 6.07) is 8.34. The van der Waals surface area contributed by atoms with Crippen LogP contribution in [0.5, 0.6) is 0 Å². The molecule has 0 spiro atoms. The number of morpholine rings is 1. The smallest absolute Gasteiger partial charge is 0.326 e. The lowest BCUT2D eigenvalue weighted by atomic mass is 9.94. The van der Waals surface area contributed by atoms with Gasteiger partial charge < -0.3 is 14.7 Å². The maximum atomic E-state index is 12.6. The van der Waals surface area contributed by atoms with E-state index in [4.69, 9.17) is 4.74 Å². The van der Waals surface area contributed by atoms with Gasteiger partial charge in [-0.2, -0.15) is 0 Å². The number of ether oxygens (including phenoxy) is 1. The van der Waals surface area contributed by atoms with Crippen LogP contribution < -0.4 is 0 Å². The Hall–Kier alpha value is -1.92. The third kappa shape index (κ3) is 3.54. The molecule has 3 rings (SSSR count). The molecule has 1 aromatic carbocycles. The number of piperidine rings is 1. The van der Waals surface area contributed by atoms with Gasteiger partial charge in [-0.3, -0.25) is 9.69 Å². The molecule has 6 heteroatoms. The standard InChI is InChI=1S/C17H22N2O4/c20-16(13-4-2-1-3-5-13)19-7-6-14(12-15(19)17(21)22)18-8-10-23-11-9-18/h1-5,14-15H,6-12H2,(H,21,22)/t14-,15+/m1/s1. The number of carbonyl (C=O) groups is 2. The number of carboxylic acids is 1. The van der Waals surface area contributed by atoms with E-state index in [0.29, 0.717) is 31.7 Å². The predicted molar refractivity (Wildman–Crippen MR) is 84.3 cm³/mol. The normalized spacial score (nSPS) is 26.0. The van der Waals surface area contributed by atoms with Crippen LogP contribution in [-0.2, 0) is 9.53 Å². The summed E-state index contributed by atoms with van der Waals surface area (Å²) in [4.78, 5) is 28.1. The maximum Gasteiger partial charge on any atom is 0.326 e. The van der Waals surface area contributed by atoms with E-state index in [2.05, 4.69) is 4.90 Å². The summed E-state index contributed by atoms with van der Waals surface area (Å²) in [7, 11) is 0. The number of hydrogen-bond donors (Lipinski definition) is 1. The van der Waals surface area contributed by atoms with Gasteiger partial charge in [0.15, 0.2) is 0 Å². The van der Waals surface area contributed by atoms with Crippen LogP contribution in [0.4, 0.5) is 0 Å². The molecular weight excluding hydrogens is 296 g/mol. The number of rotatable bonds is 3. The minimum Gasteiger partial charge on any atom is -0.480 e. The summed E-state index contributed by atoms with van der Waals surface area (Å²) in [6.45, 7) is 3.54. The highest BCUT2D eigenvalue weighted by atomic mass is 16.5. The van der Waals surface area contributed by atoms with E-state index >= 15 is 0 Å². The molecule has 0 unspecified atom stereocenters. The van der Waals surface area contributed by atoms with Gasteiger partial charge in [0.25, 0.3) is 5.91 Å². The lowest BCUT2D eigenvalue weighted by Gasteiger charge is -2.43. The number of carboxylic acid groups (broad SMARTS) is 1. The summed E-state index contributed by atoms with van der Waals surface area (Å²) >= 11 is 0. The fraction of sp³-hybridized carbons (Fsp3) is 0.529. The SMILES string of the molecule is O=C(O)[C@@H]1C[C@H](N2CCOCC2)CCN1C(=O)c1ccccc1. The second-order valence-electron chi connectivity index (χ2n) is 6.05. The number of hydrogen-bond acceptors (Lipinski definition) is 4. The van der Waals surface area contributed by atoms with Crippen LogP contribution in [0, 0.1) is 0 Å². The number of nitrogens with zero attached hydrogens (tertiary/aromatic N) is 2. The van der Waals surface area contributed by atoms with Gasteiger partial charge in [0.05, 0.1) is 13.2 Å². The van der Waals surface area contributed by atoms with E-state index in [0.717, 1.165) is 19.5 Å². The second kappa shape index (κ2) is 7.10. The third-order valence-corrected chi connectivity index (χ3v) is 4.70. The summed E-state index contributed by atoms with van der Waals surface area (Å²) in [6.07, 6.45) is 1.29. The molecule has 1 N–H and O–H groups in total. The first-order valence-electron chi connectivity index (χ1n) is 8.07. The summed E-state index contributed by atoms with van der Waals surface area (Å²) in [5, 5.41) is 9.58. The van der Waals surface area contributed by atoms with Gasteiger partial charge in [-0.05, 0) is 25.0 Å². The van der Waals surface area contributed by atoms with E-state index in [-0.39, 0.29) is 11.9 Å². The molecule has 0 bridgehead atoms. The third-order valence-electron chi connectivity index (χ3n) is 4.70. The van der Waals surface area contributed by atoms with Crippen LogP contribution in [0.1, 0.15) is 23.2 Å². The molecule has 2 fully saturated rings. The Labute approximate surface area is 135 Å². The molecule has 0 radical (unpaired) electrons. The molecule has 2 saturated heterocycles. The largest absolute Gasteiger partial charge is 0.480 e. The number of benzene rings is 1. The molecule has 23 heavy (non-hydrogen) atoms. The number of likely N-dealkylation sites (tertiary alicyclic amines) is 1.